The van der Waals surface area contributed by atoms with Crippen molar-refractivity contribution >= 4 is 23.1 Å². The van der Waals surface area contributed by atoms with Gasteiger partial charge in [0, 0.05) is 18.8 Å². The number of nitrogens with zero attached hydrogens (tertiary/aromatic N) is 3. The van der Waals surface area contributed by atoms with Crippen molar-refractivity contribution in [3.8, 4) is 11.6 Å². The number of rotatable bonds is 6. The molecule has 0 amide bonds. The van der Waals surface area contributed by atoms with Crippen molar-refractivity contribution < 1.29 is 9.66 Å². The summed E-state index contributed by atoms with van der Waals surface area (Å²) < 4.78 is 5.47. The highest BCUT2D eigenvalue weighted by Gasteiger charge is 2.13. The van der Waals surface area contributed by atoms with Crippen molar-refractivity contribution in [1.29, 1.82) is 0 Å². The van der Waals surface area contributed by atoms with Gasteiger partial charge in [-0.25, -0.2) is 0 Å². The van der Waals surface area contributed by atoms with Gasteiger partial charge < -0.3 is 10.1 Å². The fourth-order valence-corrected chi connectivity index (χ4v) is 1.73. The van der Waals surface area contributed by atoms with Crippen LogP contribution in [0.5, 0.6) is 11.6 Å². The van der Waals surface area contributed by atoms with Gasteiger partial charge in [-0.15, -0.1) is 0 Å². The Kier molecular flexibility index (Phi) is 4.89. The zero-order valence-electron chi connectivity index (χ0n) is 11.2. The van der Waals surface area contributed by atoms with E-state index in [1.807, 2.05) is 6.92 Å². The third kappa shape index (κ3) is 4.28. The smallest absolute Gasteiger partial charge is 0.278 e. The lowest BCUT2D eigenvalue weighted by Gasteiger charge is -2.08. The van der Waals surface area contributed by atoms with E-state index >= 15 is 0 Å². The van der Waals surface area contributed by atoms with Crippen LogP contribution in [0.3, 0.4) is 0 Å². The van der Waals surface area contributed by atoms with E-state index in [4.69, 9.17) is 16.3 Å². The summed E-state index contributed by atoms with van der Waals surface area (Å²) in [4.78, 5) is 18.5. The van der Waals surface area contributed by atoms with Crippen molar-refractivity contribution in [2.75, 3.05) is 11.9 Å². The highest BCUT2D eigenvalue weighted by molar-refractivity contribution is 6.30. The SMILES string of the molecule is CCCNc1cc([N+](=O)[O-])cc(Oc2cncc(Cl)c2)n1. The Labute approximate surface area is 126 Å². The Morgan fingerprint density at radius 2 is 2.19 bits per heavy atom. The summed E-state index contributed by atoms with van der Waals surface area (Å²) in [5.74, 6) is 0.847. The van der Waals surface area contributed by atoms with Crippen LogP contribution >= 0.6 is 11.6 Å². The Hall–Kier alpha value is -2.41. The molecular weight excluding hydrogens is 296 g/mol. The second-order valence-corrected chi connectivity index (χ2v) is 4.61. The summed E-state index contributed by atoms with van der Waals surface area (Å²) in [7, 11) is 0. The minimum absolute atomic E-state index is 0.103. The van der Waals surface area contributed by atoms with Crippen LogP contribution in [0.25, 0.3) is 0 Å². The van der Waals surface area contributed by atoms with Gasteiger partial charge in [0.05, 0.1) is 28.3 Å². The van der Waals surface area contributed by atoms with Crippen molar-refractivity contribution in [3.05, 3.63) is 45.7 Å². The number of nitro groups is 1. The maximum absolute atomic E-state index is 10.9. The molecule has 21 heavy (non-hydrogen) atoms. The van der Waals surface area contributed by atoms with Gasteiger partial charge in [-0.2, -0.15) is 4.98 Å². The number of aromatic nitrogens is 2. The van der Waals surface area contributed by atoms with Gasteiger partial charge in [-0.1, -0.05) is 18.5 Å². The minimum atomic E-state index is -0.498. The fraction of sp³-hybridized carbons (Fsp3) is 0.231. The van der Waals surface area contributed by atoms with Gasteiger partial charge >= 0.3 is 0 Å². The van der Waals surface area contributed by atoms with Crippen LogP contribution in [-0.2, 0) is 0 Å². The number of anilines is 1. The third-order valence-electron chi connectivity index (χ3n) is 2.46. The van der Waals surface area contributed by atoms with E-state index in [0.29, 0.717) is 23.1 Å². The predicted molar refractivity (Wildman–Crippen MR) is 79.0 cm³/mol. The largest absolute Gasteiger partial charge is 0.437 e. The Bertz CT molecular complexity index is 651. The number of hydrogen-bond acceptors (Lipinski definition) is 6. The van der Waals surface area contributed by atoms with Gasteiger partial charge in [-0.05, 0) is 6.42 Å². The average Bonchev–Trinajstić information content (AvgIpc) is 2.45. The molecule has 1 N–H and O–H groups in total. The topological polar surface area (TPSA) is 90.2 Å². The Balaban J connectivity index is 2.28. The second-order valence-electron chi connectivity index (χ2n) is 4.17. The molecule has 0 atom stereocenters. The highest BCUT2D eigenvalue weighted by atomic mass is 35.5. The van der Waals surface area contributed by atoms with E-state index in [1.54, 1.807) is 6.07 Å². The zero-order valence-corrected chi connectivity index (χ0v) is 12.0. The van der Waals surface area contributed by atoms with Crippen LogP contribution in [0, 0.1) is 10.1 Å². The third-order valence-corrected chi connectivity index (χ3v) is 2.66. The minimum Gasteiger partial charge on any atom is -0.437 e. The predicted octanol–water partition coefficient (Wildman–Crippen LogP) is 3.65. The molecule has 0 saturated heterocycles. The molecule has 2 heterocycles. The first kappa shape index (κ1) is 15.0. The molecule has 0 unspecified atom stereocenters. The number of nitrogens with one attached hydrogen (secondary N) is 1. The second kappa shape index (κ2) is 6.85. The summed E-state index contributed by atoms with van der Waals surface area (Å²) in [5, 5.41) is 14.3. The van der Waals surface area contributed by atoms with Crippen LogP contribution < -0.4 is 10.1 Å². The first-order valence-electron chi connectivity index (χ1n) is 6.27. The molecule has 0 spiro atoms. The highest BCUT2D eigenvalue weighted by Crippen LogP contribution is 2.27. The molecule has 0 radical (unpaired) electrons. The number of hydrogen-bond donors (Lipinski definition) is 1. The fourth-order valence-electron chi connectivity index (χ4n) is 1.56. The summed E-state index contributed by atoms with van der Waals surface area (Å²) in [5.41, 5.74) is -0.103. The summed E-state index contributed by atoms with van der Waals surface area (Å²) in [6.07, 6.45) is 3.79. The lowest BCUT2D eigenvalue weighted by Crippen LogP contribution is -2.03. The van der Waals surface area contributed by atoms with E-state index in [1.165, 1.54) is 24.5 Å². The van der Waals surface area contributed by atoms with Gasteiger partial charge in [0.2, 0.25) is 5.88 Å². The molecule has 2 aromatic rings. The van der Waals surface area contributed by atoms with E-state index in [0.717, 1.165) is 6.42 Å². The molecule has 110 valence electrons. The maximum Gasteiger partial charge on any atom is 0.278 e. The van der Waals surface area contributed by atoms with E-state index in [9.17, 15) is 10.1 Å². The van der Waals surface area contributed by atoms with Gasteiger partial charge in [0.25, 0.3) is 5.69 Å². The Morgan fingerprint density at radius 3 is 2.86 bits per heavy atom. The summed E-state index contributed by atoms with van der Waals surface area (Å²) in [6, 6.07) is 4.16. The summed E-state index contributed by atoms with van der Waals surface area (Å²) in [6.45, 7) is 2.64. The number of ether oxygens (including phenoxy) is 1. The standard InChI is InChI=1S/C13H13ClN4O3/c1-2-3-16-12-5-10(18(19)20)6-13(17-12)21-11-4-9(14)7-15-8-11/h4-8H,2-3H2,1H3,(H,16,17). The monoisotopic (exact) mass is 308 g/mol. The van der Waals surface area contributed by atoms with Crippen molar-refractivity contribution in [3.63, 3.8) is 0 Å². The Morgan fingerprint density at radius 1 is 1.38 bits per heavy atom. The molecule has 0 aliphatic rings. The van der Waals surface area contributed by atoms with E-state index in [-0.39, 0.29) is 11.6 Å². The summed E-state index contributed by atoms with van der Waals surface area (Å²) >= 11 is 5.81. The molecule has 0 aliphatic heterocycles. The van der Waals surface area contributed by atoms with Gasteiger partial charge in [0.1, 0.15) is 11.6 Å². The molecule has 7 nitrogen and oxygen atoms in total. The van der Waals surface area contributed by atoms with Gasteiger partial charge in [-0.3, -0.25) is 15.1 Å². The maximum atomic E-state index is 10.9. The normalized spacial score (nSPS) is 10.2. The first-order chi connectivity index (χ1) is 10.1. The molecule has 0 bridgehead atoms. The van der Waals surface area contributed by atoms with Crippen molar-refractivity contribution in [1.82, 2.24) is 9.97 Å². The van der Waals surface area contributed by atoms with Crippen LogP contribution in [0.15, 0.2) is 30.6 Å². The molecule has 2 rings (SSSR count). The van der Waals surface area contributed by atoms with Crippen LogP contribution in [0.4, 0.5) is 11.5 Å². The molecule has 0 fully saturated rings. The van der Waals surface area contributed by atoms with Gasteiger partial charge in [0.15, 0.2) is 0 Å². The molecule has 2 aromatic heterocycles. The average molecular weight is 309 g/mol. The molecule has 8 heteroatoms. The zero-order chi connectivity index (χ0) is 15.2. The van der Waals surface area contributed by atoms with Crippen LogP contribution in [0.2, 0.25) is 5.02 Å². The van der Waals surface area contributed by atoms with Crippen LogP contribution in [-0.4, -0.2) is 21.4 Å². The number of pyridine rings is 2. The lowest BCUT2D eigenvalue weighted by atomic mass is 10.3. The quantitative estimate of drug-likeness (QED) is 0.647. The number of halogens is 1. The molecule has 0 saturated carbocycles. The van der Waals surface area contributed by atoms with E-state index in [2.05, 4.69) is 15.3 Å². The lowest BCUT2D eigenvalue weighted by molar-refractivity contribution is -0.384. The van der Waals surface area contributed by atoms with E-state index < -0.39 is 4.92 Å². The first-order valence-corrected chi connectivity index (χ1v) is 6.65. The van der Waals surface area contributed by atoms with Crippen LogP contribution in [0.1, 0.15) is 13.3 Å². The molecular formula is C13H13ClN4O3. The molecule has 0 aliphatic carbocycles. The van der Waals surface area contributed by atoms with Crippen molar-refractivity contribution in [2.45, 2.75) is 13.3 Å². The van der Waals surface area contributed by atoms with Crippen molar-refractivity contribution in [2.24, 2.45) is 0 Å². The molecule has 0 aromatic carbocycles.